The van der Waals surface area contributed by atoms with Gasteiger partial charge in [0.25, 0.3) is 5.91 Å². The van der Waals surface area contributed by atoms with Crippen LogP contribution in [0.5, 0.6) is 0 Å². The molecule has 4 aromatic rings. The molecular formula is C28H21BrF3NO4. The van der Waals surface area contributed by atoms with Gasteiger partial charge in [-0.3, -0.25) is 4.79 Å². The zero-order chi connectivity index (χ0) is 26.6. The number of ether oxygens (including phenoxy) is 1. The lowest BCUT2D eigenvalue weighted by Crippen LogP contribution is -2.32. The van der Waals surface area contributed by atoms with E-state index in [0.717, 1.165) is 23.3 Å². The van der Waals surface area contributed by atoms with E-state index in [0.29, 0.717) is 4.67 Å². The van der Waals surface area contributed by atoms with Gasteiger partial charge in [-0.25, -0.2) is 4.79 Å². The van der Waals surface area contributed by atoms with E-state index in [-0.39, 0.29) is 35.7 Å². The minimum Gasteiger partial charge on any atom is -0.457 e. The zero-order valence-electron chi connectivity index (χ0n) is 19.6. The van der Waals surface area contributed by atoms with Gasteiger partial charge in [-0.05, 0) is 75.9 Å². The standard InChI is InChI=1S/C28H21BrF3NO4/c1-18-7-2-3-9-20(18)16-33(26(34)24-13-14-25(29)37-24)23-12-5-4-11-22(23)27(35)36-17-19-8-6-10-21(15-19)28(30,31)32/h2-15H,16-17H2,1H3. The van der Waals surface area contributed by atoms with Gasteiger partial charge in [0.05, 0.1) is 23.4 Å². The molecule has 1 heterocycles. The lowest BCUT2D eigenvalue weighted by Gasteiger charge is -2.25. The quantitative estimate of drug-likeness (QED) is 0.214. The molecule has 0 saturated carbocycles. The number of rotatable bonds is 7. The third-order valence-corrected chi connectivity index (χ3v) is 6.08. The molecule has 37 heavy (non-hydrogen) atoms. The van der Waals surface area contributed by atoms with Gasteiger partial charge < -0.3 is 14.1 Å². The maximum absolute atomic E-state index is 13.5. The highest BCUT2D eigenvalue weighted by molar-refractivity contribution is 9.10. The number of hydrogen-bond donors (Lipinski definition) is 0. The second kappa shape index (κ2) is 11.0. The van der Waals surface area contributed by atoms with E-state index < -0.39 is 23.6 Å². The molecule has 1 amide bonds. The Morgan fingerprint density at radius 3 is 2.38 bits per heavy atom. The van der Waals surface area contributed by atoms with Crippen LogP contribution in [0.4, 0.5) is 18.9 Å². The largest absolute Gasteiger partial charge is 0.457 e. The maximum Gasteiger partial charge on any atom is 0.416 e. The van der Waals surface area contributed by atoms with Crippen molar-refractivity contribution >= 4 is 33.5 Å². The van der Waals surface area contributed by atoms with Gasteiger partial charge >= 0.3 is 12.1 Å². The van der Waals surface area contributed by atoms with E-state index in [2.05, 4.69) is 15.9 Å². The molecule has 5 nitrogen and oxygen atoms in total. The summed E-state index contributed by atoms with van der Waals surface area (Å²) in [5.41, 5.74) is 1.52. The van der Waals surface area contributed by atoms with E-state index in [9.17, 15) is 22.8 Å². The molecule has 0 atom stereocenters. The van der Waals surface area contributed by atoms with Crippen LogP contribution in [0.1, 0.15) is 43.2 Å². The number of carbonyl (C=O) groups is 2. The molecule has 0 saturated heterocycles. The first-order valence-corrected chi connectivity index (χ1v) is 12.0. The first kappa shape index (κ1) is 26.2. The second-order valence-corrected chi connectivity index (χ2v) is 8.99. The molecule has 0 radical (unpaired) electrons. The van der Waals surface area contributed by atoms with Crippen molar-refractivity contribution < 1.29 is 31.9 Å². The summed E-state index contributed by atoms with van der Waals surface area (Å²) in [4.78, 5) is 28.0. The van der Waals surface area contributed by atoms with Crippen LogP contribution in [0.25, 0.3) is 0 Å². The average molecular weight is 572 g/mol. The van der Waals surface area contributed by atoms with Gasteiger partial charge in [0.2, 0.25) is 0 Å². The molecule has 190 valence electrons. The van der Waals surface area contributed by atoms with E-state index in [1.54, 1.807) is 24.3 Å². The molecule has 0 fully saturated rings. The van der Waals surface area contributed by atoms with Crippen molar-refractivity contribution in [2.45, 2.75) is 26.3 Å². The highest BCUT2D eigenvalue weighted by Crippen LogP contribution is 2.30. The summed E-state index contributed by atoms with van der Waals surface area (Å²) in [6, 6.07) is 21.6. The van der Waals surface area contributed by atoms with Gasteiger partial charge in [0.1, 0.15) is 6.61 Å². The summed E-state index contributed by atoms with van der Waals surface area (Å²) in [6.07, 6.45) is -4.51. The van der Waals surface area contributed by atoms with Crippen molar-refractivity contribution in [3.8, 4) is 0 Å². The number of amides is 1. The lowest BCUT2D eigenvalue weighted by atomic mass is 10.1. The summed E-state index contributed by atoms with van der Waals surface area (Å²) < 4.78 is 50.3. The maximum atomic E-state index is 13.5. The number of nitrogens with zero attached hydrogens (tertiary/aromatic N) is 1. The lowest BCUT2D eigenvalue weighted by molar-refractivity contribution is -0.137. The van der Waals surface area contributed by atoms with E-state index in [4.69, 9.17) is 9.15 Å². The molecule has 0 N–H and O–H groups in total. The highest BCUT2D eigenvalue weighted by atomic mass is 79.9. The van der Waals surface area contributed by atoms with Gasteiger partial charge in [-0.1, -0.05) is 48.5 Å². The van der Waals surface area contributed by atoms with Gasteiger partial charge in [0, 0.05) is 0 Å². The van der Waals surface area contributed by atoms with Crippen LogP contribution in [-0.2, 0) is 24.1 Å². The van der Waals surface area contributed by atoms with Crippen molar-refractivity contribution in [1.29, 1.82) is 0 Å². The average Bonchev–Trinajstić information content (AvgIpc) is 3.32. The molecular weight excluding hydrogens is 551 g/mol. The number of hydrogen-bond acceptors (Lipinski definition) is 4. The Bertz CT molecular complexity index is 1430. The van der Waals surface area contributed by atoms with Crippen LogP contribution in [0, 0.1) is 6.92 Å². The molecule has 0 unspecified atom stereocenters. The Kier molecular flexibility index (Phi) is 7.83. The van der Waals surface area contributed by atoms with Crippen molar-refractivity contribution in [1.82, 2.24) is 0 Å². The summed E-state index contributed by atoms with van der Waals surface area (Å²) in [7, 11) is 0. The molecule has 0 bridgehead atoms. The Hall–Kier alpha value is -3.85. The topological polar surface area (TPSA) is 59.8 Å². The predicted octanol–water partition coefficient (Wildman–Crippen LogP) is 7.57. The van der Waals surface area contributed by atoms with Crippen LogP contribution < -0.4 is 4.90 Å². The SMILES string of the molecule is Cc1ccccc1CN(C(=O)c1ccc(Br)o1)c1ccccc1C(=O)OCc1cccc(C(F)(F)F)c1. The Labute approximate surface area is 219 Å². The minimum atomic E-state index is -4.51. The number of benzene rings is 3. The molecule has 9 heteroatoms. The fourth-order valence-electron chi connectivity index (χ4n) is 3.73. The number of aryl methyl sites for hydroxylation is 1. The molecule has 0 aliphatic carbocycles. The number of carbonyl (C=O) groups excluding carboxylic acids is 2. The van der Waals surface area contributed by atoms with Gasteiger partial charge in [-0.15, -0.1) is 0 Å². The predicted molar refractivity (Wildman–Crippen MR) is 135 cm³/mol. The number of esters is 1. The van der Waals surface area contributed by atoms with Crippen molar-refractivity contribution in [2.75, 3.05) is 4.90 Å². The fraction of sp³-hybridized carbons (Fsp3) is 0.143. The molecule has 4 rings (SSSR count). The van der Waals surface area contributed by atoms with Crippen LogP contribution in [0.2, 0.25) is 0 Å². The van der Waals surface area contributed by atoms with Crippen LogP contribution >= 0.6 is 15.9 Å². The van der Waals surface area contributed by atoms with E-state index in [1.807, 2.05) is 31.2 Å². The minimum absolute atomic E-state index is 0.0626. The zero-order valence-corrected chi connectivity index (χ0v) is 21.2. The van der Waals surface area contributed by atoms with Crippen LogP contribution in [0.15, 0.2) is 94.0 Å². The Morgan fingerprint density at radius 2 is 1.68 bits per heavy atom. The number of anilines is 1. The fourth-order valence-corrected chi connectivity index (χ4v) is 4.04. The second-order valence-electron chi connectivity index (χ2n) is 8.21. The molecule has 0 aliphatic rings. The first-order valence-electron chi connectivity index (χ1n) is 11.2. The first-order chi connectivity index (χ1) is 17.6. The van der Waals surface area contributed by atoms with Crippen molar-refractivity contribution in [2.24, 2.45) is 0 Å². The van der Waals surface area contributed by atoms with Gasteiger partial charge in [0.15, 0.2) is 10.4 Å². The van der Waals surface area contributed by atoms with Gasteiger partial charge in [-0.2, -0.15) is 13.2 Å². The monoisotopic (exact) mass is 571 g/mol. The smallest absolute Gasteiger partial charge is 0.416 e. The molecule has 0 spiro atoms. The van der Waals surface area contributed by atoms with Crippen LogP contribution in [-0.4, -0.2) is 11.9 Å². The molecule has 3 aromatic carbocycles. The number of furan rings is 1. The summed E-state index contributed by atoms with van der Waals surface area (Å²) in [6.45, 7) is 1.69. The number of para-hydroxylation sites is 1. The molecule has 1 aromatic heterocycles. The van der Waals surface area contributed by atoms with Crippen LogP contribution in [0.3, 0.4) is 0 Å². The highest BCUT2D eigenvalue weighted by Gasteiger charge is 2.30. The normalized spacial score (nSPS) is 11.3. The van der Waals surface area contributed by atoms with E-state index >= 15 is 0 Å². The number of halogens is 4. The number of alkyl halides is 3. The Morgan fingerprint density at radius 1 is 0.946 bits per heavy atom. The third kappa shape index (κ3) is 6.29. The Balaban J connectivity index is 1.65. The van der Waals surface area contributed by atoms with E-state index in [1.165, 1.54) is 29.2 Å². The third-order valence-electron chi connectivity index (χ3n) is 5.66. The summed E-state index contributed by atoms with van der Waals surface area (Å²) in [5.74, 6) is -1.20. The molecule has 0 aliphatic heterocycles. The summed E-state index contributed by atoms with van der Waals surface area (Å²) in [5, 5.41) is 0. The summed E-state index contributed by atoms with van der Waals surface area (Å²) >= 11 is 3.20. The van der Waals surface area contributed by atoms with Crippen molar-refractivity contribution in [3.63, 3.8) is 0 Å². The van der Waals surface area contributed by atoms with Crippen molar-refractivity contribution in [3.05, 3.63) is 123 Å².